The van der Waals surface area contributed by atoms with Crippen LogP contribution < -0.4 is 0 Å². The molecule has 0 heterocycles. The van der Waals surface area contributed by atoms with Crippen LogP contribution in [0, 0.1) is 0 Å². The summed E-state index contributed by atoms with van der Waals surface area (Å²) >= 11 is 0. The second-order valence-electron chi connectivity index (χ2n) is 2.77. The first-order valence-electron chi connectivity index (χ1n) is 3.79. The summed E-state index contributed by atoms with van der Waals surface area (Å²) in [6.07, 6.45) is 5.64. The Balaban J connectivity index is 3.47. The van der Waals surface area contributed by atoms with Gasteiger partial charge < -0.3 is 4.57 Å². The Morgan fingerprint density at radius 1 is 1.60 bits per heavy atom. The summed E-state index contributed by atoms with van der Waals surface area (Å²) in [5.74, 6) is 0. The van der Waals surface area contributed by atoms with E-state index in [-0.39, 0.29) is 0 Å². The summed E-state index contributed by atoms with van der Waals surface area (Å²) < 4.78 is 11.4. The van der Waals surface area contributed by atoms with Crippen LogP contribution in [0.2, 0.25) is 0 Å². The zero-order valence-electron chi connectivity index (χ0n) is 6.97. The molecule has 2 heteroatoms. The van der Waals surface area contributed by atoms with Gasteiger partial charge in [0.25, 0.3) is 0 Å². The first-order valence-corrected chi connectivity index (χ1v) is 6.31. The lowest BCUT2D eigenvalue weighted by atomic mass is 10.3. The van der Waals surface area contributed by atoms with Gasteiger partial charge in [-0.1, -0.05) is 13.0 Å². The minimum atomic E-state index is -1.75. The van der Waals surface area contributed by atoms with Crippen LogP contribution >= 0.6 is 7.14 Å². The third-order valence-electron chi connectivity index (χ3n) is 1.71. The van der Waals surface area contributed by atoms with E-state index in [0.717, 1.165) is 25.2 Å². The molecule has 1 unspecified atom stereocenters. The summed E-state index contributed by atoms with van der Waals surface area (Å²) in [7, 11) is -1.75. The van der Waals surface area contributed by atoms with E-state index in [9.17, 15) is 4.57 Å². The van der Waals surface area contributed by atoms with Crippen molar-refractivity contribution in [2.24, 2.45) is 0 Å². The standard InChI is InChI=1S/C8H17OP/c1-4-6-7-8-10(3,9)5-2/h4H,1,5-8H2,2-3H3. The average molecular weight is 160 g/mol. The van der Waals surface area contributed by atoms with Gasteiger partial charge in [-0.25, -0.2) is 0 Å². The second kappa shape index (κ2) is 4.73. The molecule has 0 aliphatic heterocycles. The Hall–Kier alpha value is -0.0300. The van der Waals surface area contributed by atoms with Crippen molar-refractivity contribution < 1.29 is 4.57 Å². The third-order valence-corrected chi connectivity index (χ3v) is 4.31. The van der Waals surface area contributed by atoms with Crippen LogP contribution in [0.5, 0.6) is 0 Å². The van der Waals surface area contributed by atoms with Crippen molar-refractivity contribution in [2.45, 2.75) is 19.8 Å². The molecule has 1 nitrogen and oxygen atoms in total. The van der Waals surface area contributed by atoms with Crippen molar-refractivity contribution in [2.75, 3.05) is 19.0 Å². The third kappa shape index (κ3) is 4.81. The van der Waals surface area contributed by atoms with Crippen molar-refractivity contribution in [3.05, 3.63) is 12.7 Å². The zero-order chi connectivity index (χ0) is 8.04. The van der Waals surface area contributed by atoms with Crippen molar-refractivity contribution in [3.63, 3.8) is 0 Å². The largest absolute Gasteiger partial charge is 0.324 e. The number of rotatable bonds is 5. The number of allylic oxidation sites excluding steroid dienone is 1. The molecule has 0 saturated carbocycles. The average Bonchev–Trinajstić information content (AvgIpc) is 1.89. The maximum absolute atomic E-state index is 11.4. The Morgan fingerprint density at radius 2 is 2.20 bits per heavy atom. The molecule has 0 aromatic carbocycles. The van der Waals surface area contributed by atoms with E-state index >= 15 is 0 Å². The molecular formula is C8H17OP. The van der Waals surface area contributed by atoms with Gasteiger partial charge in [0.2, 0.25) is 0 Å². The monoisotopic (exact) mass is 160 g/mol. The lowest BCUT2D eigenvalue weighted by molar-refractivity contribution is 0.577. The second-order valence-corrected chi connectivity index (χ2v) is 6.44. The highest BCUT2D eigenvalue weighted by Crippen LogP contribution is 2.41. The predicted octanol–water partition coefficient (Wildman–Crippen LogP) is 2.97. The molecule has 0 fully saturated rings. The molecule has 1 atom stereocenters. The van der Waals surface area contributed by atoms with Gasteiger partial charge in [0.15, 0.2) is 0 Å². The first kappa shape index (κ1) is 9.97. The van der Waals surface area contributed by atoms with E-state index < -0.39 is 7.14 Å². The Bertz CT molecular complexity index is 140. The maximum atomic E-state index is 11.4. The van der Waals surface area contributed by atoms with Gasteiger partial charge in [-0.15, -0.1) is 6.58 Å². The van der Waals surface area contributed by atoms with Gasteiger partial charge in [0.05, 0.1) is 7.14 Å². The quantitative estimate of drug-likeness (QED) is 0.343. The maximum Gasteiger partial charge on any atom is 0.0845 e. The SMILES string of the molecule is C=CCCCP(C)(=O)CC. The molecule has 0 saturated heterocycles. The van der Waals surface area contributed by atoms with E-state index in [4.69, 9.17) is 0 Å². The molecule has 0 aliphatic rings. The van der Waals surface area contributed by atoms with E-state index in [0.29, 0.717) is 0 Å². The summed E-state index contributed by atoms with van der Waals surface area (Å²) in [6.45, 7) is 7.50. The molecule has 0 aliphatic carbocycles. The summed E-state index contributed by atoms with van der Waals surface area (Å²) in [6, 6.07) is 0. The molecule has 0 spiro atoms. The highest BCUT2D eigenvalue weighted by atomic mass is 31.2. The number of hydrogen-bond donors (Lipinski definition) is 0. The molecule has 0 rings (SSSR count). The van der Waals surface area contributed by atoms with Crippen LogP contribution in [0.15, 0.2) is 12.7 Å². The van der Waals surface area contributed by atoms with Gasteiger partial charge in [0.1, 0.15) is 0 Å². The zero-order valence-corrected chi connectivity index (χ0v) is 7.86. The van der Waals surface area contributed by atoms with E-state index in [1.54, 1.807) is 0 Å². The van der Waals surface area contributed by atoms with Gasteiger partial charge in [-0.2, -0.15) is 0 Å². The summed E-state index contributed by atoms with van der Waals surface area (Å²) in [5, 5.41) is 0. The van der Waals surface area contributed by atoms with Crippen LogP contribution in [0.4, 0.5) is 0 Å². The molecule has 0 bridgehead atoms. The predicted molar refractivity (Wildman–Crippen MR) is 48.4 cm³/mol. The topological polar surface area (TPSA) is 17.1 Å². The molecule has 0 aromatic rings. The lowest BCUT2D eigenvalue weighted by Gasteiger charge is -2.07. The molecule has 0 aromatic heterocycles. The Kier molecular flexibility index (Phi) is 4.72. The van der Waals surface area contributed by atoms with Gasteiger partial charge in [-0.05, 0) is 25.7 Å². The van der Waals surface area contributed by atoms with Crippen LogP contribution in [-0.2, 0) is 4.57 Å². The fourth-order valence-corrected chi connectivity index (χ4v) is 1.90. The molecule has 10 heavy (non-hydrogen) atoms. The first-order chi connectivity index (χ1) is 4.62. The summed E-state index contributed by atoms with van der Waals surface area (Å²) in [4.78, 5) is 0. The Labute approximate surface area is 63.9 Å². The van der Waals surface area contributed by atoms with Crippen molar-refractivity contribution >= 4 is 7.14 Å². The number of hydrogen-bond acceptors (Lipinski definition) is 1. The van der Waals surface area contributed by atoms with Crippen LogP contribution in [0.3, 0.4) is 0 Å². The van der Waals surface area contributed by atoms with Crippen LogP contribution in [-0.4, -0.2) is 19.0 Å². The van der Waals surface area contributed by atoms with Crippen LogP contribution in [0.1, 0.15) is 19.8 Å². The number of unbranched alkanes of at least 4 members (excludes halogenated alkanes) is 1. The van der Waals surface area contributed by atoms with Crippen molar-refractivity contribution in [1.82, 2.24) is 0 Å². The van der Waals surface area contributed by atoms with E-state index in [1.165, 1.54) is 0 Å². The van der Waals surface area contributed by atoms with Gasteiger partial charge in [-0.3, -0.25) is 0 Å². The van der Waals surface area contributed by atoms with Crippen LogP contribution in [0.25, 0.3) is 0 Å². The molecule has 60 valence electrons. The van der Waals surface area contributed by atoms with E-state index in [2.05, 4.69) is 6.58 Å². The van der Waals surface area contributed by atoms with Gasteiger partial charge >= 0.3 is 0 Å². The highest BCUT2D eigenvalue weighted by Gasteiger charge is 2.09. The van der Waals surface area contributed by atoms with Crippen molar-refractivity contribution in [3.8, 4) is 0 Å². The Morgan fingerprint density at radius 3 is 2.60 bits per heavy atom. The molecule has 0 radical (unpaired) electrons. The molecular weight excluding hydrogens is 143 g/mol. The minimum absolute atomic E-state index is 0.837. The fraction of sp³-hybridized carbons (Fsp3) is 0.750. The van der Waals surface area contributed by atoms with Crippen molar-refractivity contribution in [1.29, 1.82) is 0 Å². The van der Waals surface area contributed by atoms with Gasteiger partial charge in [0, 0.05) is 6.16 Å². The fourth-order valence-electron chi connectivity index (χ4n) is 0.728. The highest BCUT2D eigenvalue weighted by molar-refractivity contribution is 7.63. The minimum Gasteiger partial charge on any atom is -0.324 e. The lowest BCUT2D eigenvalue weighted by Crippen LogP contribution is -1.89. The molecule has 0 N–H and O–H groups in total. The van der Waals surface area contributed by atoms with E-state index in [1.807, 2.05) is 19.7 Å². The smallest absolute Gasteiger partial charge is 0.0845 e. The molecule has 0 amide bonds. The normalized spacial score (nSPS) is 16.2. The summed E-state index contributed by atoms with van der Waals surface area (Å²) in [5.41, 5.74) is 0.